The second-order valence-electron chi connectivity index (χ2n) is 5.18. The monoisotopic (exact) mass is 314 g/mol. The maximum atomic E-state index is 11.9. The van der Waals surface area contributed by atoms with E-state index in [0.29, 0.717) is 0 Å². The van der Waals surface area contributed by atoms with Gasteiger partial charge in [0.15, 0.2) is 17.6 Å². The molecular weight excluding hydrogens is 300 g/mol. The summed E-state index contributed by atoms with van der Waals surface area (Å²) in [6.45, 7) is -0.616. The van der Waals surface area contributed by atoms with Crippen LogP contribution in [-0.2, 0) is 9.47 Å². The summed E-state index contributed by atoms with van der Waals surface area (Å²) < 4.78 is 10.4. The summed E-state index contributed by atoms with van der Waals surface area (Å²) in [4.78, 5) is 11.9. The molecule has 0 unspecified atom stereocenters. The quantitative estimate of drug-likeness (QED) is 0.268. The Labute approximate surface area is 123 Å². The molecule has 0 bridgehead atoms. The van der Waals surface area contributed by atoms with Crippen molar-refractivity contribution in [3.63, 3.8) is 0 Å². The number of rotatable bonds is 1. The Morgan fingerprint density at radius 2 is 1.77 bits per heavy atom. The summed E-state index contributed by atoms with van der Waals surface area (Å²) in [6, 6.07) is 0.900. The van der Waals surface area contributed by atoms with Crippen molar-refractivity contribution in [3.8, 4) is 17.2 Å². The first-order valence-corrected chi connectivity index (χ1v) is 6.48. The highest BCUT2D eigenvalue weighted by molar-refractivity contribution is 5.95. The van der Waals surface area contributed by atoms with Gasteiger partial charge in [-0.2, -0.15) is 0 Å². The molecule has 0 spiro atoms. The molecule has 1 aromatic carbocycles. The molecule has 0 amide bonds. The number of phenolic OH excluding ortho intramolecular Hbond substituents is 3. The van der Waals surface area contributed by atoms with Gasteiger partial charge >= 0.3 is 5.97 Å². The number of aliphatic hydroxyl groups is 3. The molecule has 6 N–H and O–H groups in total. The first-order chi connectivity index (χ1) is 10.4. The van der Waals surface area contributed by atoms with Crippen LogP contribution in [0.2, 0.25) is 0 Å². The smallest absolute Gasteiger partial charge is 0.339 e. The average Bonchev–Trinajstić information content (AvgIpc) is 2.49. The van der Waals surface area contributed by atoms with E-state index < -0.39 is 60.3 Å². The fraction of sp³-hybridized carbons (Fsp3) is 0.462. The van der Waals surface area contributed by atoms with Gasteiger partial charge in [-0.1, -0.05) is 0 Å². The lowest BCUT2D eigenvalue weighted by molar-refractivity contribution is -0.235. The Bertz CT molecular complexity index is 628. The van der Waals surface area contributed by atoms with Gasteiger partial charge in [0.25, 0.3) is 0 Å². The van der Waals surface area contributed by atoms with Gasteiger partial charge in [0.05, 0.1) is 12.2 Å². The molecule has 1 aromatic rings. The number of aliphatic hydroxyl groups excluding tert-OH is 3. The largest absolute Gasteiger partial charge is 0.504 e. The van der Waals surface area contributed by atoms with E-state index in [2.05, 4.69) is 0 Å². The van der Waals surface area contributed by atoms with E-state index in [1.54, 1.807) is 0 Å². The lowest BCUT2D eigenvalue weighted by Crippen LogP contribution is -2.58. The molecule has 120 valence electrons. The van der Waals surface area contributed by atoms with Gasteiger partial charge in [0, 0.05) is 5.56 Å². The minimum atomic E-state index is -1.55. The molecule has 1 fully saturated rings. The summed E-state index contributed by atoms with van der Waals surface area (Å²) in [5.41, 5.74) is -0.421. The molecular formula is C13H14O9. The highest BCUT2D eigenvalue weighted by atomic mass is 16.6. The van der Waals surface area contributed by atoms with Crippen molar-refractivity contribution in [1.29, 1.82) is 0 Å². The first-order valence-electron chi connectivity index (χ1n) is 6.48. The highest BCUT2D eigenvalue weighted by Gasteiger charge is 2.51. The number of aromatic hydroxyl groups is 3. The van der Waals surface area contributed by atoms with Gasteiger partial charge in [-0.25, -0.2) is 4.79 Å². The molecule has 0 radical (unpaired) electrons. The summed E-state index contributed by atoms with van der Waals surface area (Å²) in [5, 5.41) is 58.1. The second-order valence-corrected chi connectivity index (χ2v) is 5.18. The number of fused-ring (bicyclic) bond motifs is 3. The predicted octanol–water partition coefficient (Wildman–Crippen LogP) is -1.50. The van der Waals surface area contributed by atoms with Crippen LogP contribution in [0.5, 0.6) is 17.2 Å². The lowest BCUT2D eigenvalue weighted by atomic mass is 9.86. The normalized spacial score (nSPS) is 33.8. The Morgan fingerprint density at radius 1 is 1.09 bits per heavy atom. The van der Waals surface area contributed by atoms with Crippen molar-refractivity contribution in [2.45, 2.75) is 30.5 Å². The summed E-state index contributed by atoms with van der Waals surface area (Å²) in [5.74, 6) is -3.32. The van der Waals surface area contributed by atoms with Crippen molar-refractivity contribution in [3.05, 3.63) is 17.2 Å². The molecule has 1 saturated heterocycles. The third-order valence-electron chi connectivity index (χ3n) is 3.91. The Kier molecular flexibility index (Phi) is 3.37. The third-order valence-corrected chi connectivity index (χ3v) is 3.91. The fourth-order valence-corrected chi connectivity index (χ4v) is 2.76. The number of carbonyl (C=O) groups excluding carboxylic acids is 1. The molecule has 2 heterocycles. The average molecular weight is 314 g/mol. The van der Waals surface area contributed by atoms with Gasteiger partial charge in [0.2, 0.25) is 5.75 Å². The maximum Gasteiger partial charge on any atom is 0.339 e. The van der Waals surface area contributed by atoms with Crippen LogP contribution in [0.4, 0.5) is 0 Å². The van der Waals surface area contributed by atoms with E-state index in [-0.39, 0.29) is 11.1 Å². The van der Waals surface area contributed by atoms with E-state index in [1.807, 2.05) is 0 Å². The van der Waals surface area contributed by atoms with Gasteiger partial charge in [-0.3, -0.25) is 0 Å². The van der Waals surface area contributed by atoms with Gasteiger partial charge in [0.1, 0.15) is 24.4 Å². The molecule has 3 rings (SSSR count). The van der Waals surface area contributed by atoms with E-state index >= 15 is 0 Å². The lowest BCUT2D eigenvalue weighted by Gasteiger charge is -2.44. The number of carbonyl (C=O) groups is 1. The van der Waals surface area contributed by atoms with Gasteiger partial charge < -0.3 is 40.1 Å². The zero-order chi connectivity index (χ0) is 16.2. The number of benzene rings is 1. The third kappa shape index (κ3) is 1.91. The molecule has 0 aromatic heterocycles. The Balaban J connectivity index is 2.15. The van der Waals surface area contributed by atoms with E-state index in [9.17, 15) is 35.4 Å². The second kappa shape index (κ2) is 4.99. The summed E-state index contributed by atoms with van der Waals surface area (Å²) in [6.07, 6.45) is -6.75. The van der Waals surface area contributed by atoms with Crippen molar-refractivity contribution in [2.24, 2.45) is 0 Å². The standard InChI is InChI=1S/C13H14O9/c14-2-5-8(17)10(19)12-11(21-5)6-3(13(20)22-12)1-4(15)7(16)9(6)18/h1,5,8,10-12,14-19H,2H2/t5-,8-,10+,11+,12-/m0/s1. The molecule has 2 aliphatic rings. The molecule has 9 nitrogen and oxygen atoms in total. The van der Waals surface area contributed by atoms with Crippen molar-refractivity contribution >= 4 is 5.97 Å². The van der Waals surface area contributed by atoms with Gasteiger partial charge in [-0.05, 0) is 6.07 Å². The minimum absolute atomic E-state index is 0.180. The SMILES string of the molecule is O=C1O[C@H]2[C@H](O)[C@@H](O)[C@H](CO)O[C@@H]2c2c1cc(O)c(O)c2O. The van der Waals surface area contributed by atoms with Gasteiger partial charge in [-0.15, -0.1) is 0 Å². The Hall–Kier alpha value is -2.07. The molecule has 5 atom stereocenters. The summed E-state index contributed by atoms with van der Waals surface area (Å²) in [7, 11) is 0. The van der Waals surface area contributed by atoms with Crippen LogP contribution >= 0.6 is 0 Å². The first kappa shape index (κ1) is 14.9. The molecule has 0 aliphatic carbocycles. The maximum absolute atomic E-state index is 11.9. The van der Waals surface area contributed by atoms with Crippen LogP contribution in [0.25, 0.3) is 0 Å². The number of phenols is 3. The highest BCUT2D eigenvalue weighted by Crippen LogP contribution is 2.49. The minimum Gasteiger partial charge on any atom is -0.504 e. The predicted molar refractivity (Wildman–Crippen MR) is 67.4 cm³/mol. The van der Waals surface area contributed by atoms with E-state index in [0.717, 1.165) is 6.07 Å². The number of hydrogen-bond donors (Lipinski definition) is 6. The number of hydrogen-bond acceptors (Lipinski definition) is 9. The fourth-order valence-electron chi connectivity index (χ4n) is 2.76. The van der Waals surface area contributed by atoms with Crippen LogP contribution in [0.3, 0.4) is 0 Å². The van der Waals surface area contributed by atoms with Crippen LogP contribution < -0.4 is 0 Å². The van der Waals surface area contributed by atoms with Crippen LogP contribution in [0.1, 0.15) is 22.0 Å². The van der Waals surface area contributed by atoms with Crippen molar-refractivity contribution in [1.82, 2.24) is 0 Å². The molecule has 22 heavy (non-hydrogen) atoms. The van der Waals surface area contributed by atoms with Crippen LogP contribution in [-0.4, -0.2) is 67.6 Å². The van der Waals surface area contributed by atoms with Crippen LogP contribution in [0, 0.1) is 0 Å². The Morgan fingerprint density at radius 3 is 2.41 bits per heavy atom. The molecule has 2 aliphatic heterocycles. The zero-order valence-corrected chi connectivity index (χ0v) is 11.1. The topological polar surface area (TPSA) is 157 Å². The zero-order valence-electron chi connectivity index (χ0n) is 11.1. The number of esters is 1. The number of ether oxygens (including phenoxy) is 2. The van der Waals surface area contributed by atoms with Crippen LogP contribution in [0.15, 0.2) is 6.07 Å². The summed E-state index contributed by atoms with van der Waals surface area (Å²) >= 11 is 0. The van der Waals surface area contributed by atoms with Crippen molar-refractivity contribution < 1.29 is 44.9 Å². The van der Waals surface area contributed by atoms with E-state index in [4.69, 9.17) is 9.47 Å². The van der Waals surface area contributed by atoms with Crippen molar-refractivity contribution in [2.75, 3.05) is 6.61 Å². The van der Waals surface area contributed by atoms with E-state index in [1.165, 1.54) is 0 Å². The molecule has 0 saturated carbocycles. The molecule has 9 heteroatoms.